The predicted molar refractivity (Wildman–Crippen MR) is 118 cm³/mol. The number of halogens is 1. The van der Waals surface area contributed by atoms with Crippen molar-refractivity contribution >= 4 is 27.4 Å². The lowest BCUT2D eigenvalue weighted by molar-refractivity contribution is -0.384. The summed E-state index contributed by atoms with van der Waals surface area (Å²) < 4.78 is 0.936. The van der Waals surface area contributed by atoms with Gasteiger partial charge in [0.15, 0.2) is 5.78 Å². The average molecular weight is 459 g/mol. The zero-order valence-electron chi connectivity index (χ0n) is 16.5. The highest BCUT2D eigenvalue weighted by atomic mass is 79.9. The fourth-order valence-electron chi connectivity index (χ4n) is 4.05. The van der Waals surface area contributed by atoms with Crippen molar-refractivity contribution < 1.29 is 9.72 Å². The maximum atomic E-state index is 12.2. The molecule has 29 heavy (non-hydrogen) atoms. The topological polar surface area (TPSA) is 72.2 Å². The number of ketones is 1. The summed E-state index contributed by atoms with van der Waals surface area (Å²) in [6.45, 7) is 1.86. The number of rotatable bonds is 9. The van der Waals surface area contributed by atoms with Gasteiger partial charge in [-0.3, -0.25) is 14.9 Å². The fraction of sp³-hybridized carbons (Fsp3) is 0.435. The van der Waals surface area contributed by atoms with Gasteiger partial charge in [-0.05, 0) is 74.7 Å². The molecule has 1 N–H and O–H groups in total. The van der Waals surface area contributed by atoms with Gasteiger partial charge in [0, 0.05) is 28.6 Å². The Kier molecular flexibility index (Phi) is 7.95. The number of benzene rings is 2. The van der Waals surface area contributed by atoms with E-state index in [9.17, 15) is 14.9 Å². The Morgan fingerprint density at radius 3 is 2.48 bits per heavy atom. The number of hydrogen-bond donors (Lipinski definition) is 1. The SMILES string of the molecule is O=C(CCCNCC1CCC(c2ccc([N+](=O)[O-])cc2)CC1)c1cccc(Br)c1. The summed E-state index contributed by atoms with van der Waals surface area (Å²) in [5, 5.41) is 14.3. The van der Waals surface area contributed by atoms with E-state index in [0.29, 0.717) is 18.3 Å². The van der Waals surface area contributed by atoms with Crippen molar-refractivity contribution in [2.24, 2.45) is 5.92 Å². The summed E-state index contributed by atoms with van der Waals surface area (Å²) in [6, 6.07) is 14.6. The first-order chi connectivity index (χ1) is 14.0. The van der Waals surface area contributed by atoms with Crippen molar-refractivity contribution in [3.63, 3.8) is 0 Å². The minimum absolute atomic E-state index is 0.157. The van der Waals surface area contributed by atoms with Crippen LogP contribution in [0.4, 0.5) is 5.69 Å². The summed E-state index contributed by atoms with van der Waals surface area (Å²) in [7, 11) is 0. The second-order valence-electron chi connectivity index (χ2n) is 7.81. The van der Waals surface area contributed by atoms with Crippen LogP contribution in [0, 0.1) is 16.0 Å². The van der Waals surface area contributed by atoms with Crippen LogP contribution in [0.5, 0.6) is 0 Å². The highest BCUT2D eigenvalue weighted by Crippen LogP contribution is 2.36. The lowest BCUT2D eigenvalue weighted by Crippen LogP contribution is -2.27. The minimum atomic E-state index is -0.348. The van der Waals surface area contributed by atoms with Crippen LogP contribution in [0.15, 0.2) is 53.0 Å². The van der Waals surface area contributed by atoms with Gasteiger partial charge < -0.3 is 5.32 Å². The molecule has 0 amide bonds. The number of carbonyl (C=O) groups is 1. The molecule has 0 aliphatic heterocycles. The second kappa shape index (κ2) is 10.6. The van der Waals surface area contributed by atoms with Crippen LogP contribution in [0.25, 0.3) is 0 Å². The summed E-state index contributed by atoms with van der Waals surface area (Å²) in [5.74, 6) is 1.37. The van der Waals surface area contributed by atoms with E-state index in [1.165, 1.54) is 18.4 Å². The smallest absolute Gasteiger partial charge is 0.269 e. The van der Waals surface area contributed by atoms with Crippen LogP contribution in [-0.4, -0.2) is 23.8 Å². The molecule has 0 heterocycles. The van der Waals surface area contributed by atoms with Gasteiger partial charge in [-0.2, -0.15) is 0 Å². The van der Waals surface area contributed by atoms with Crippen LogP contribution in [0.1, 0.15) is 60.4 Å². The molecule has 0 saturated heterocycles. The van der Waals surface area contributed by atoms with Gasteiger partial charge in [0.25, 0.3) is 5.69 Å². The number of carbonyl (C=O) groups excluding carboxylic acids is 1. The van der Waals surface area contributed by atoms with Gasteiger partial charge >= 0.3 is 0 Å². The van der Waals surface area contributed by atoms with E-state index in [2.05, 4.69) is 21.2 Å². The van der Waals surface area contributed by atoms with E-state index < -0.39 is 0 Å². The number of Topliss-reactive ketones (excluding diaryl/α,β-unsaturated/α-hetero) is 1. The fourth-order valence-corrected chi connectivity index (χ4v) is 4.45. The molecule has 1 aliphatic carbocycles. The van der Waals surface area contributed by atoms with Crippen molar-refractivity contribution in [1.82, 2.24) is 5.32 Å². The quantitative estimate of drug-likeness (QED) is 0.220. The van der Waals surface area contributed by atoms with Gasteiger partial charge in [0.1, 0.15) is 0 Å². The number of non-ortho nitro benzene ring substituents is 1. The van der Waals surface area contributed by atoms with Crippen LogP contribution < -0.4 is 5.32 Å². The molecular formula is C23H27BrN2O3. The molecule has 0 aromatic heterocycles. The molecule has 6 heteroatoms. The maximum Gasteiger partial charge on any atom is 0.269 e. The molecule has 1 aliphatic rings. The van der Waals surface area contributed by atoms with Crippen molar-refractivity contribution in [3.8, 4) is 0 Å². The third kappa shape index (κ3) is 6.47. The molecule has 0 unspecified atom stereocenters. The third-order valence-electron chi connectivity index (χ3n) is 5.76. The first-order valence-corrected chi connectivity index (χ1v) is 11.1. The predicted octanol–water partition coefficient (Wildman–Crippen LogP) is 5.88. The largest absolute Gasteiger partial charge is 0.316 e. The normalized spacial score (nSPS) is 19.1. The number of hydrogen-bond acceptors (Lipinski definition) is 4. The molecule has 5 nitrogen and oxygen atoms in total. The molecular weight excluding hydrogens is 432 g/mol. The highest BCUT2D eigenvalue weighted by Gasteiger charge is 2.22. The van der Waals surface area contributed by atoms with E-state index >= 15 is 0 Å². The second-order valence-corrected chi connectivity index (χ2v) is 8.72. The van der Waals surface area contributed by atoms with Gasteiger partial charge in [-0.25, -0.2) is 0 Å². The van der Waals surface area contributed by atoms with Crippen molar-refractivity contribution in [2.75, 3.05) is 13.1 Å². The average Bonchev–Trinajstić information content (AvgIpc) is 2.74. The van der Waals surface area contributed by atoms with E-state index in [4.69, 9.17) is 0 Å². The Hall–Kier alpha value is -2.05. The maximum absolute atomic E-state index is 12.2. The summed E-state index contributed by atoms with van der Waals surface area (Å²) in [5.41, 5.74) is 2.14. The molecule has 2 aromatic carbocycles. The van der Waals surface area contributed by atoms with E-state index in [1.54, 1.807) is 12.1 Å². The zero-order chi connectivity index (χ0) is 20.6. The van der Waals surface area contributed by atoms with Crippen LogP contribution >= 0.6 is 15.9 Å². The molecule has 0 bridgehead atoms. The Morgan fingerprint density at radius 2 is 1.83 bits per heavy atom. The van der Waals surface area contributed by atoms with Crippen molar-refractivity contribution in [3.05, 3.63) is 74.2 Å². The van der Waals surface area contributed by atoms with Crippen LogP contribution in [0.3, 0.4) is 0 Å². The van der Waals surface area contributed by atoms with E-state index in [0.717, 1.165) is 42.4 Å². The minimum Gasteiger partial charge on any atom is -0.316 e. The number of nitro groups is 1. The number of nitrogens with zero attached hydrogens (tertiary/aromatic N) is 1. The molecule has 154 valence electrons. The molecule has 0 atom stereocenters. The molecule has 2 aromatic rings. The van der Waals surface area contributed by atoms with Gasteiger partial charge in [0.2, 0.25) is 0 Å². The number of nitrogens with one attached hydrogen (secondary N) is 1. The summed E-state index contributed by atoms with van der Waals surface area (Å²) >= 11 is 3.40. The molecule has 1 saturated carbocycles. The van der Waals surface area contributed by atoms with Gasteiger partial charge in [-0.1, -0.05) is 40.2 Å². The number of nitro benzene ring substituents is 1. The molecule has 1 fully saturated rings. The summed E-state index contributed by atoms with van der Waals surface area (Å²) in [6.07, 6.45) is 6.02. The molecule has 3 rings (SSSR count). The lowest BCUT2D eigenvalue weighted by Gasteiger charge is -2.29. The van der Waals surface area contributed by atoms with Gasteiger partial charge in [-0.15, -0.1) is 0 Å². The Bertz CT molecular complexity index is 830. The van der Waals surface area contributed by atoms with Gasteiger partial charge in [0.05, 0.1) is 4.92 Å². The molecule has 0 spiro atoms. The van der Waals surface area contributed by atoms with E-state index in [-0.39, 0.29) is 16.4 Å². The zero-order valence-corrected chi connectivity index (χ0v) is 18.1. The van der Waals surface area contributed by atoms with Crippen molar-refractivity contribution in [1.29, 1.82) is 0 Å². The lowest BCUT2D eigenvalue weighted by atomic mass is 9.78. The Labute approximate surface area is 180 Å². The van der Waals surface area contributed by atoms with E-state index in [1.807, 2.05) is 36.4 Å². The third-order valence-corrected chi connectivity index (χ3v) is 6.25. The standard InChI is InChI=1S/C23H27BrN2O3/c24-21-4-1-3-20(15-21)23(27)5-2-14-25-16-17-6-8-18(9-7-17)19-10-12-22(13-11-19)26(28)29/h1,3-4,10-13,15,17-18,25H,2,5-9,14,16H2. The van der Waals surface area contributed by atoms with Crippen molar-refractivity contribution in [2.45, 2.75) is 44.4 Å². The first kappa shape index (κ1) is 21.7. The Morgan fingerprint density at radius 1 is 1.10 bits per heavy atom. The summed E-state index contributed by atoms with van der Waals surface area (Å²) in [4.78, 5) is 22.6. The van der Waals surface area contributed by atoms with Crippen LogP contribution in [0.2, 0.25) is 0 Å². The molecule has 0 radical (unpaired) electrons. The van der Waals surface area contributed by atoms with Crippen LogP contribution in [-0.2, 0) is 0 Å². The highest BCUT2D eigenvalue weighted by molar-refractivity contribution is 9.10. The first-order valence-electron chi connectivity index (χ1n) is 10.3. The monoisotopic (exact) mass is 458 g/mol. The Balaban J connectivity index is 1.32.